The first-order valence-corrected chi connectivity index (χ1v) is 12.6. The van der Waals surface area contributed by atoms with E-state index >= 15 is 0 Å². The van der Waals surface area contributed by atoms with Gasteiger partial charge in [0.1, 0.15) is 5.82 Å². The third-order valence-electron chi connectivity index (χ3n) is 6.88. The minimum Gasteiger partial charge on any atom is -0.383 e. The summed E-state index contributed by atoms with van der Waals surface area (Å²) in [5, 5.41) is 10.4. The van der Waals surface area contributed by atoms with Gasteiger partial charge in [-0.1, -0.05) is 24.3 Å². The van der Waals surface area contributed by atoms with E-state index in [4.69, 9.17) is 0 Å². The number of benzene rings is 2. The molecule has 1 fully saturated rings. The zero-order valence-corrected chi connectivity index (χ0v) is 19.7. The van der Waals surface area contributed by atoms with Crippen molar-refractivity contribution >= 4 is 9.84 Å². The lowest BCUT2D eigenvalue weighted by Gasteiger charge is -2.40. The van der Waals surface area contributed by atoms with Gasteiger partial charge in [0.25, 0.3) is 0 Å². The van der Waals surface area contributed by atoms with Gasteiger partial charge in [-0.25, -0.2) is 12.8 Å². The summed E-state index contributed by atoms with van der Waals surface area (Å²) >= 11 is 0. The number of aliphatic hydroxyl groups is 1. The first kappa shape index (κ1) is 25.6. The predicted octanol–water partition coefficient (Wildman–Crippen LogP) is 4.71. The number of alkyl halides is 3. The lowest BCUT2D eigenvalue weighted by atomic mass is 9.75. The minimum absolute atomic E-state index is 0.0235. The normalized spacial score (nSPS) is 21.3. The summed E-state index contributed by atoms with van der Waals surface area (Å²) in [4.78, 5) is 2.08. The van der Waals surface area contributed by atoms with Gasteiger partial charge in [0.15, 0.2) is 15.9 Å². The maximum Gasteiger partial charge on any atom is 0.414 e. The lowest BCUT2D eigenvalue weighted by molar-refractivity contribution is -0.239. The van der Waals surface area contributed by atoms with E-state index in [1.807, 2.05) is 18.7 Å². The number of hydrogen-bond acceptors (Lipinski definition) is 4. The Labute approximate surface area is 192 Å². The second-order valence-electron chi connectivity index (χ2n) is 9.46. The van der Waals surface area contributed by atoms with Gasteiger partial charge in [0.05, 0.1) is 4.90 Å². The molecule has 1 aliphatic rings. The molecule has 2 aromatic rings. The highest BCUT2D eigenvalue weighted by Gasteiger charge is 2.56. The zero-order valence-electron chi connectivity index (χ0n) is 18.9. The maximum atomic E-state index is 13.7. The number of hydrogen-bond donors (Lipinski definition) is 1. The maximum absolute atomic E-state index is 13.7. The molecule has 9 heteroatoms. The molecule has 0 spiro atoms. The lowest BCUT2D eigenvalue weighted by Crippen LogP contribution is -2.49. The second kappa shape index (κ2) is 9.00. The van der Waals surface area contributed by atoms with E-state index in [0.717, 1.165) is 11.8 Å². The van der Waals surface area contributed by atoms with Crippen molar-refractivity contribution in [3.8, 4) is 0 Å². The molecule has 1 aliphatic heterocycles. The summed E-state index contributed by atoms with van der Waals surface area (Å²) < 4.78 is 77.6. The number of aryl methyl sites for hydroxylation is 1. The first-order valence-electron chi connectivity index (χ1n) is 10.7. The van der Waals surface area contributed by atoms with E-state index in [2.05, 4.69) is 0 Å². The highest BCUT2D eigenvalue weighted by atomic mass is 32.2. The number of rotatable bonds is 7. The molecular formula is C24H29F4NO3S. The number of likely N-dealkylation sites (tertiary alicyclic amines) is 1. The van der Waals surface area contributed by atoms with Crippen LogP contribution in [0.25, 0.3) is 0 Å². The van der Waals surface area contributed by atoms with Crippen LogP contribution < -0.4 is 0 Å². The molecule has 0 aliphatic carbocycles. The molecule has 1 saturated heterocycles. The van der Waals surface area contributed by atoms with Gasteiger partial charge in [-0.15, -0.1) is 0 Å². The Morgan fingerprint density at radius 1 is 1.06 bits per heavy atom. The quantitative estimate of drug-likeness (QED) is 0.575. The van der Waals surface area contributed by atoms with Crippen molar-refractivity contribution in [2.75, 3.05) is 19.3 Å². The first-order chi connectivity index (χ1) is 15.1. The Morgan fingerprint density at radius 3 is 2.15 bits per heavy atom. The molecule has 0 radical (unpaired) electrons. The summed E-state index contributed by atoms with van der Waals surface area (Å²) in [6.07, 6.45) is -5.61. The number of sulfone groups is 1. The monoisotopic (exact) mass is 487 g/mol. The fourth-order valence-corrected chi connectivity index (χ4v) is 5.25. The number of nitrogens with zero attached hydrogens (tertiary/aromatic N) is 1. The van der Waals surface area contributed by atoms with Crippen LogP contribution in [-0.2, 0) is 21.8 Å². The van der Waals surface area contributed by atoms with Gasteiger partial charge in [0.2, 0.25) is 0 Å². The summed E-state index contributed by atoms with van der Waals surface area (Å²) in [6, 6.07) is 12.0. The molecule has 0 bridgehead atoms. The fourth-order valence-electron chi connectivity index (χ4n) is 4.62. The number of halogens is 4. The molecule has 4 nitrogen and oxygen atoms in total. The molecular weight excluding hydrogens is 458 g/mol. The highest BCUT2D eigenvalue weighted by molar-refractivity contribution is 7.90. The Hall–Kier alpha value is -1.97. The highest BCUT2D eigenvalue weighted by Crippen LogP contribution is 2.47. The van der Waals surface area contributed by atoms with Crippen molar-refractivity contribution in [1.82, 2.24) is 4.90 Å². The third kappa shape index (κ3) is 5.58. The van der Waals surface area contributed by atoms with E-state index in [-0.39, 0.29) is 30.7 Å². The van der Waals surface area contributed by atoms with E-state index in [9.17, 15) is 31.1 Å². The SMILES string of the molecule is CC(C)(c1ccc(S(C)(=O)=O)cc1)N1CC[C@@](CCc2ccc(F)cc2)([C@@H](O)C(F)(F)F)C1. The van der Waals surface area contributed by atoms with Crippen LogP contribution in [0.15, 0.2) is 53.4 Å². The van der Waals surface area contributed by atoms with Crippen molar-refractivity contribution in [2.24, 2.45) is 5.41 Å². The molecule has 33 heavy (non-hydrogen) atoms. The van der Waals surface area contributed by atoms with Crippen LogP contribution in [0.4, 0.5) is 17.6 Å². The second-order valence-corrected chi connectivity index (χ2v) is 11.5. The van der Waals surface area contributed by atoms with Crippen molar-refractivity contribution in [1.29, 1.82) is 0 Å². The van der Waals surface area contributed by atoms with E-state index in [1.165, 1.54) is 24.3 Å². The predicted molar refractivity (Wildman–Crippen MR) is 118 cm³/mol. The molecule has 0 amide bonds. The van der Waals surface area contributed by atoms with Crippen LogP contribution in [0.2, 0.25) is 0 Å². The van der Waals surface area contributed by atoms with Gasteiger partial charge in [-0.3, -0.25) is 4.90 Å². The Morgan fingerprint density at radius 2 is 1.64 bits per heavy atom. The standard InChI is InChI=1S/C24H29F4NO3S/c1-22(2,18-6-10-20(11-7-18)33(3,31)32)29-15-14-23(16-29,21(30)24(26,27)28)13-12-17-4-8-19(25)9-5-17/h4-11,21,30H,12-16H2,1-3H3/t21-,23-/m1/s1. The fraction of sp³-hybridized carbons (Fsp3) is 0.500. The van der Waals surface area contributed by atoms with Gasteiger partial charge < -0.3 is 5.11 Å². The average Bonchev–Trinajstić information content (AvgIpc) is 3.18. The van der Waals surface area contributed by atoms with Gasteiger partial charge in [0, 0.05) is 23.8 Å². The molecule has 0 saturated carbocycles. The smallest absolute Gasteiger partial charge is 0.383 e. The average molecular weight is 488 g/mol. The summed E-state index contributed by atoms with van der Waals surface area (Å²) in [7, 11) is -3.36. The van der Waals surface area contributed by atoms with Crippen molar-refractivity contribution in [3.05, 3.63) is 65.5 Å². The largest absolute Gasteiger partial charge is 0.414 e. The number of aliphatic hydroxyl groups excluding tert-OH is 1. The van der Waals surface area contributed by atoms with Gasteiger partial charge >= 0.3 is 6.18 Å². The van der Waals surface area contributed by atoms with Crippen molar-refractivity contribution in [2.45, 2.75) is 55.8 Å². The van der Waals surface area contributed by atoms with E-state index in [0.29, 0.717) is 12.1 Å². The van der Waals surface area contributed by atoms with Crippen molar-refractivity contribution in [3.63, 3.8) is 0 Å². The van der Waals surface area contributed by atoms with Crippen molar-refractivity contribution < 1.29 is 31.1 Å². The van der Waals surface area contributed by atoms with Crippen LogP contribution in [0.5, 0.6) is 0 Å². The zero-order chi connectivity index (χ0) is 24.7. The Balaban J connectivity index is 1.85. The molecule has 0 unspecified atom stereocenters. The van der Waals surface area contributed by atoms with Crippen LogP contribution >= 0.6 is 0 Å². The van der Waals surface area contributed by atoms with Crippen LogP contribution in [0.1, 0.15) is 37.8 Å². The summed E-state index contributed by atoms with van der Waals surface area (Å²) in [6.45, 7) is 4.12. The van der Waals surface area contributed by atoms with E-state index < -0.39 is 38.9 Å². The molecule has 2 atom stereocenters. The minimum atomic E-state index is -4.76. The molecule has 0 aromatic heterocycles. The van der Waals surface area contributed by atoms with Gasteiger partial charge in [-0.05, 0) is 75.0 Å². The Kier molecular flexibility index (Phi) is 6.99. The Bertz CT molecular complexity index is 1070. The van der Waals surface area contributed by atoms with Crippen LogP contribution in [0.3, 0.4) is 0 Å². The topological polar surface area (TPSA) is 57.6 Å². The molecule has 3 rings (SSSR count). The molecule has 1 N–H and O–H groups in total. The van der Waals surface area contributed by atoms with Gasteiger partial charge in [-0.2, -0.15) is 13.2 Å². The summed E-state index contributed by atoms with van der Waals surface area (Å²) in [5.74, 6) is -0.417. The van der Waals surface area contributed by atoms with Crippen LogP contribution in [-0.4, -0.2) is 50.0 Å². The molecule has 2 aromatic carbocycles. The third-order valence-corrected chi connectivity index (χ3v) is 8.01. The van der Waals surface area contributed by atoms with Crippen LogP contribution in [0, 0.1) is 11.2 Å². The molecule has 1 heterocycles. The summed E-state index contributed by atoms with van der Waals surface area (Å²) in [5.41, 5.74) is -0.611. The molecule has 182 valence electrons. The van der Waals surface area contributed by atoms with E-state index in [1.54, 1.807) is 24.3 Å².